The van der Waals surface area contributed by atoms with Gasteiger partial charge in [-0.15, -0.1) is 0 Å². The van der Waals surface area contributed by atoms with Crippen molar-refractivity contribution in [3.8, 4) is 23.3 Å². The monoisotopic (exact) mass is 493 g/mol. The molecule has 36 heavy (non-hydrogen) atoms. The van der Waals surface area contributed by atoms with Gasteiger partial charge in [-0.05, 0) is 50.6 Å². The molecule has 1 N–H and O–H groups in total. The number of aliphatic hydroxyl groups excluding tert-OH is 1. The van der Waals surface area contributed by atoms with Gasteiger partial charge in [0.05, 0.1) is 19.8 Å². The molecule has 2 aromatic carbocycles. The summed E-state index contributed by atoms with van der Waals surface area (Å²) in [4.78, 5) is 15.0. The maximum absolute atomic E-state index is 13.3. The largest absolute Gasteiger partial charge is 0.493 e. The summed E-state index contributed by atoms with van der Waals surface area (Å²) in [5.41, 5.74) is 1.33. The van der Waals surface area contributed by atoms with E-state index >= 15 is 0 Å². The van der Waals surface area contributed by atoms with Gasteiger partial charge in [-0.25, -0.2) is 0 Å². The third-order valence-electron chi connectivity index (χ3n) is 7.18. The lowest BCUT2D eigenvalue weighted by molar-refractivity contribution is -0.159. The van der Waals surface area contributed by atoms with Gasteiger partial charge in [0.2, 0.25) is 0 Å². The molecule has 0 unspecified atom stereocenters. The van der Waals surface area contributed by atoms with Gasteiger partial charge in [0, 0.05) is 30.0 Å². The topological polar surface area (TPSA) is 77.5 Å². The molecule has 2 saturated heterocycles. The molecule has 2 aromatic rings. The molecule has 1 amide bonds. The maximum Gasteiger partial charge on any atom is 0.254 e. The highest BCUT2D eigenvalue weighted by atomic mass is 16.7. The van der Waals surface area contributed by atoms with Crippen LogP contribution in [0.3, 0.4) is 0 Å². The molecular weight excluding hydrogens is 458 g/mol. The van der Waals surface area contributed by atoms with Gasteiger partial charge in [-0.2, -0.15) is 0 Å². The predicted octanol–water partition coefficient (Wildman–Crippen LogP) is 3.59. The summed E-state index contributed by atoms with van der Waals surface area (Å²) in [6, 6.07) is 15.5. The number of benzene rings is 2. The molecule has 0 aromatic heterocycles. The number of hydrogen-bond acceptors (Lipinski definition) is 6. The summed E-state index contributed by atoms with van der Waals surface area (Å²) in [6.45, 7) is 8.70. The molecule has 0 aliphatic carbocycles. The minimum Gasteiger partial charge on any atom is -0.493 e. The second kappa shape index (κ2) is 10.5. The van der Waals surface area contributed by atoms with Crippen molar-refractivity contribution in [1.29, 1.82) is 0 Å². The third-order valence-corrected chi connectivity index (χ3v) is 7.18. The minimum absolute atomic E-state index is 0.111. The lowest BCUT2D eigenvalue weighted by Crippen LogP contribution is -2.42. The van der Waals surface area contributed by atoms with Crippen LogP contribution < -0.4 is 9.47 Å². The molecule has 2 aliphatic rings. The summed E-state index contributed by atoms with van der Waals surface area (Å²) in [5.74, 6) is 6.29. The van der Waals surface area contributed by atoms with E-state index in [9.17, 15) is 9.90 Å². The normalized spacial score (nSPS) is 25.7. The highest BCUT2D eigenvalue weighted by Gasteiger charge is 2.50. The van der Waals surface area contributed by atoms with Crippen molar-refractivity contribution in [3.05, 3.63) is 59.7 Å². The number of ether oxygens (including phenoxy) is 4. The maximum atomic E-state index is 13.3. The number of rotatable bonds is 6. The summed E-state index contributed by atoms with van der Waals surface area (Å²) in [5, 5.41) is 10.8. The van der Waals surface area contributed by atoms with Gasteiger partial charge in [0.1, 0.15) is 6.61 Å². The van der Waals surface area contributed by atoms with Crippen LogP contribution in [0.2, 0.25) is 0 Å². The van der Waals surface area contributed by atoms with E-state index in [1.54, 1.807) is 32.8 Å². The number of carbonyl (C=O) groups is 1. The Hall–Kier alpha value is -3.05. The molecular formula is C29H35NO6. The van der Waals surface area contributed by atoms with E-state index < -0.39 is 23.4 Å². The van der Waals surface area contributed by atoms with Crippen LogP contribution >= 0.6 is 0 Å². The molecule has 7 heteroatoms. The Labute approximate surface area is 213 Å². The first-order valence-corrected chi connectivity index (χ1v) is 12.3. The number of aliphatic hydroxyl groups is 1. The number of methoxy groups -OCH3 is 1. The molecule has 192 valence electrons. The smallest absolute Gasteiger partial charge is 0.254 e. The van der Waals surface area contributed by atoms with Crippen LogP contribution in [0, 0.1) is 17.3 Å². The van der Waals surface area contributed by atoms with Gasteiger partial charge in [-0.1, -0.05) is 43.0 Å². The van der Waals surface area contributed by atoms with Crippen LogP contribution in [-0.2, 0) is 14.3 Å². The Bertz CT molecular complexity index is 1140. The molecule has 2 aliphatic heterocycles. The number of amides is 1. The first-order chi connectivity index (χ1) is 17.1. The highest BCUT2D eigenvalue weighted by molar-refractivity contribution is 5.82. The van der Waals surface area contributed by atoms with Crippen molar-refractivity contribution in [3.63, 3.8) is 0 Å². The number of hydrogen-bond donors (Lipinski definition) is 1. The molecule has 4 atom stereocenters. The Balaban J connectivity index is 1.54. The molecule has 2 heterocycles. The number of nitrogens with zero attached hydrogens (tertiary/aromatic N) is 1. The molecule has 0 bridgehead atoms. The van der Waals surface area contributed by atoms with Crippen molar-refractivity contribution >= 4 is 5.91 Å². The van der Waals surface area contributed by atoms with E-state index in [4.69, 9.17) is 18.9 Å². The predicted molar refractivity (Wildman–Crippen MR) is 136 cm³/mol. The summed E-state index contributed by atoms with van der Waals surface area (Å²) in [7, 11) is 1.60. The van der Waals surface area contributed by atoms with Gasteiger partial charge < -0.3 is 29.0 Å². The second-order valence-corrected chi connectivity index (χ2v) is 10.1. The Morgan fingerprint density at radius 3 is 2.58 bits per heavy atom. The Morgan fingerprint density at radius 2 is 1.94 bits per heavy atom. The fourth-order valence-corrected chi connectivity index (χ4v) is 4.90. The summed E-state index contributed by atoms with van der Waals surface area (Å²) >= 11 is 0. The van der Waals surface area contributed by atoms with Crippen molar-refractivity contribution in [2.24, 2.45) is 5.41 Å². The van der Waals surface area contributed by atoms with E-state index in [0.717, 1.165) is 11.1 Å². The van der Waals surface area contributed by atoms with Gasteiger partial charge in [-0.3, -0.25) is 4.79 Å². The minimum atomic E-state index is -0.779. The van der Waals surface area contributed by atoms with Crippen LogP contribution in [-0.4, -0.2) is 67.3 Å². The Kier molecular flexibility index (Phi) is 7.60. The van der Waals surface area contributed by atoms with Gasteiger partial charge in [0.15, 0.2) is 23.4 Å². The first kappa shape index (κ1) is 26.0. The Morgan fingerprint density at radius 1 is 1.19 bits per heavy atom. The number of likely N-dealkylation sites (tertiary alicyclic amines) is 1. The van der Waals surface area contributed by atoms with Gasteiger partial charge in [0.25, 0.3) is 5.91 Å². The van der Waals surface area contributed by atoms with Crippen LogP contribution in [0.5, 0.6) is 11.5 Å². The zero-order chi connectivity index (χ0) is 25.9. The second-order valence-electron chi connectivity index (χ2n) is 10.1. The highest BCUT2D eigenvalue weighted by Crippen LogP contribution is 2.47. The average molecular weight is 494 g/mol. The molecule has 2 fully saturated rings. The summed E-state index contributed by atoms with van der Waals surface area (Å²) in [6.07, 6.45) is -1.28. The third kappa shape index (κ3) is 5.52. The molecule has 0 radical (unpaired) electrons. The van der Waals surface area contributed by atoms with Crippen LogP contribution in [0.15, 0.2) is 48.5 Å². The fourth-order valence-electron chi connectivity index (χ4n) is 4.90. The lowest BCUT2D eigenvalue weighted by atomic mass is 9.72. The molecule has 4 rings (SSSR count). The van der Waals surface area contributed by atoms with Crippen molar-refractivity contribution < 1.29 is 28.8 Å². The standard InChI is InChI=1S/C29H35NO6/c1-20(31)29(4)19-30(27(32)26-18-35-28(2,3)36-26)17-23(29)22-13-14-24(33-5)25(16-22)34-15-9-12-21-10-7-6-8-11-21/h6-8,10-11,13-14,16,20,23,26,31H,15,17-19H2,1-5H3/t20-,23+,26+,29+/m1/s1. The number of carbonyl (C=O) groups excluding carboxylic acids is 1. The van der Waals surface area contributed by atoms with Crippen molar-refractivity contribution in [1.82, 2.24) is 4.90 Å². The van der Waals surface area contributed by atoms with Gasteiger partial charge >= 0.3 is 0 Å². The van der Waals surface area contributed by atoms with Crippen LogP contribution in [0.4, 0.5) is 0 Å². The van der Waals surface area contributed by atoms with E-state index in [-0.39, 0.29) is 25.0 Å². The first-order valence-electron chi connectivity index (χ1n) is 12.3. The fraction of sp³-hybridized carbons (Fsp3) is 0.483. The molecule has 0 saturated carbocycles. The van der Waals surface area contributed by atoms with Crippen molar-refractivity contribution in [2.75, 3.05) is 33.4 Å². The van der Waals surface area contributed by atoms with E-state index in [1.807, 2.05) is 55.5 Å². The SMILES string of the molecule is COc1ccc([C@@H]2CN(C(=O)[C@@H]3COC(C)(C)O3)C[C@@]2(C)[C@@H](C)O)cc1OCC#Cc1ccccc1. The molecule has 7 nitrogen and oxygen atoms in total. The average Bonchev–Trinajstić information content (AvgIpc) is 3.42. The molecule has 0 spiro atoms. The quantitative estimate of drug-likeness (QED) is 0.620. The van der Waals surface area contributed by atoms with Crippen LogP contribution in [0.25, 0.3) is 0 Å². The zero-order valence-electron chi connectivity index (χ0n) is 21.6. The van der Waals surface area contributed by atoms with E-state index in [2.05, 4.69) is 11.8 Å². The van der Waals surface area contributed by atoms with Crippen LogP contribution in [0.1, 0.15) is 44.7 Å². The summed E-state index contributed by atoms with van der Waals surface area (Å²) < 4.78 is 22.9. The lowest BCUT2D eigenvalue weighted by Gasteiger charge is -2.34. The van der Waals surface area contributed by atoms with E-state index in [1.165, 1.54) is 0 Å². The zero-order valence-corrected chi connectivity index (χ0v) is 21.6. The van der Waals surface area contributed by atoms with Crippen molar-refractivity contribution in [2.45, 2.75) is 51.6 Å². The van der Waals surface area contributed by atoms with E-state index in [0.29, 0.717) is 24.6 Å².